The number of hydrogen-bond donors (Lipinski definition) is 1. The molecule has 0 aromatic rings. The molecule has 0 atom stereocenters. The molecule has 0 rings (SSSR count). The van der Waals surface area contributed by atoms with Crippen molar-refractivity contribution >= 4 is 15.6 Å². The third-order valence-electron chi connectivity index (χ3n) is 1.58. The van der Waals surface area contributed by atoms with Gasteiger partial charge in [0.05, 0.1) is 5.75 Å². The molecular formula is C8H16O4S. The van der Waals surface area contributed by atoms with E-state index in [1.54, 1.807) is 0 Å². The second-order valence-electron chi connectivity index (χ2n) is 3.10. The van der Waals surface area contributed by atoms with Gasteiger partial charge in [-0.25, -0.2) is 8.42 Å². The molecule has 0 aliphatic rings. The van der Waals surface area contributed by atoms with E-state index in [2.05, 4.69) is 0 Å². The van der Waals surface area contributed by atoms with E-state index < -0.39 is 9.84 Å². The Hall–Kier alpha value is -0.420. The maximum atomic E-state index is 11.0. The van der Waals surface area contributed by atoms with Gasteiger partial charge in [-0.05, 0) is 12.8 Å². The van der Waals surface area contributed by atoms with Crippen molar-refractivity contribution < 1.29 is 18.3 Å². The van der Waals surface area contributed by atoms with Gasteiger partial charge in [0, 0.05) is 25.7 Å². The minimum absolute atomic E-state index is 0.0117. The average molecular weight is 208 g/mol. The number of sulfone groups is 1. The van der Waals surface area contributed by atoms with Gasteiger partial charge in [0.25, 0.3) is 0 Å². The van der Waals surface area contributed by atoms with Crippen LogP contribution >= 0.6 is 0 Å². The zero-order valence-corrected chi connectivity index (χ0v) is 8.64. The summed E-state index contributed by atoms with van der Waals surface area (Å²) in [4.78, 5) is 11.0. The molecule has 5 heteroatoms. The van der Waals surface area contributed by atoms with Gasteiger partial charge >= 0.3 is 0 Å². The van der Waals surface area contributed by atoms with Crippen molar-refractivity contribution in [3.8, 4) is 0 Å². The molecule has 0 saturated carbocycles. The molecule has 78 valence electrons. The quantitative estimate of drug-likeness (QED) is 0.646. The maximum absolute atomic E-state index is 11.0. The molecule has 0 aromatic heterocycles. The third-order valence-corrected chi connectivity index (χ3v) is 2.61. The first-order valence-corrected chi connectivity index (χ1v) is 6.32. The predicted octanol–water partition coefficient (Wildman–Crippen LogP) is 0.153. The van der Waals surface area contributed by atoms with Crippen molar-refractivity contribution in [1.82, 2.24) is 0 Å². The van der Waals surface area contributed by atoms with Gasteiger partial charge in [0.2, 0.25) is 0 Å². The molecule has 0 unspecified atom stereocenters. The number of rotatable bonds is 7. The van der Waals surface area contributed by atoms with Crippen LogP contribution in [-0.2, 0) is 14.6 Å². The van der Waals surface area contributed by atoms with E-state index in [-0.39, 0.29) is 18.1 Å². The number of hydrogen-bond acceptors (Lipinski definition) is 4. The summed E-state index contributed by atoms with van der Waals surface area (Å²) in [6, 6.07) is 0. The third kappa shape index (κ3) is 9.49. The normalized spacial score (nSPS) is 11.5. The van der Waals surface area contributed by atoms with Crippen LogP contribution in [0.15, 0.2) is 0 Å². The molecule has 0 aromatic carbocycles. The van der Waals surface area contributed by atoms with Gasteiger partial charge in [-0.1, -0.05) is 0 Å². The zero-order chi connectivity index (χ0) is 10.3. The van der Waals surface area contributed by atoms with Crippen LogP contribution < -0.4 is 0 Å². The lowest BCUT2D eigenvalue weighted by atomic mass is 10.1. The van der Waals surface area contributed by atoms with E-state index in [1.807, 2.05) is 0 Å². The van der Waals surface area contributed by atoms with Crippen molar-refractivity contribution in [2.45, 2.75) is 25.7 Å². The summed E-state index contributed by atoms with van der Waals surface area (Å²) in [7, 11) is -2.94. The maximum Gasteiger partial charge on any atom is 0.147 e. The molecule has 0 aliphatic heterocycles. The van der Waals surface area contributed by atoms with Gasteiger partial charge in [0.15, 0.2) is 0 Å². The highest BCUT2D eigenvalue weighted by Crippen LogP contribution is 2.00. The van der Waals surface area contributed by atoms with Gasteiger partial charge in [0.1, 0.15) is 15.6 Å². The molecule has 1 N–H and O–H groups in total. The summed E-state index contributed by atoms with van der Waals surface area (Å²) in [5.41, 5.74) is 0. The van der Waals surface area contributed by atoms with Crippen LogP contribution in [0.2, 0.25) is 0 Å². The van der Waals surface area contributed by atoms with Crippen molar-refractivity contribution in [1.29, 1.82) is 0 Å². The van der Waals surface area contributed by atoms with Crippen LogP contribution in [-0.4, -0.2) is 37.9 Å². The lowest BCUT2D eigenvalue weighted by Gasteiger charge is -1.98. The number of ketones is 1. The van der Waals surface area contributed by atoms with E-state index >= 15 is 0 Å². The Morgan fingerprint density at radius 2 is 1.77 bits per heavy atom. The van der Waals surface area contributed by atoms with Crippen molar-refractivity contribution in [3.05, 3.63) is 0 Å². The van der Waals surface area contributed by atoms with Crippen LogP contribution in [0, 0.1) is 0 Å². The largest absolute Gasteiger partial charge is 0.396 e. The summed E-state index contributed by atoms with van der Waals surface area (Å²) in [6.07, 6.45) is 2.67. The number of Topliss-reactive ketones (excluding diaryl/α,β-unsaturated/α-hetero) is 1. The van der Waals surface area contributed by atoms with Crippen LogP contribution in [0.5, 0.6) is 0 Å². The van der Waals surface area contributed by atoms with Crippen molar-refractivity contribution in [2.24, 2.45) is 0 Å². The van der Waals surface area contributed by atoms with E-state index in [4.69, 9.17) is 5.11 Å². The van der Waals surface area contributed by atoms with Gasteiger partial charge in [-0.3, -0.25) is 4.79 Å². The summed E-state index contributed by atoms with van der Waals surface area (Å²) in [5, 5.41) is 8.42. The van der Waals surface area contributed by atoms with E-state index in [0.717, 1.165) is 6.26 Å². The minimum Gasteiger partial charge on any atom is -0.396 e. The highest BCUT2D eigenvalue weighted by atomic mass is 32.2. The van der Waals surface area contributed by atoms with Crippen LogP contribution in [0.4, 0.5) is 0 Å². The first-order chi connectivity index (χ1) is 5.95. The van der Waals surface area contributed by atoms with Crippen LogP contribution in [0.3, 0.4) is 0 Å². The number of aliphatic hydroxyl groups excluding tert-OH is 1. The number of carbonyl (C=O) groups is 1. The molecule has 4 nitrogen and oxygen atoms in total. The standard InChI is InChI=1S/C8H16O4S/c1-13(11,12)7-3-5-8(10)4-2-6-9/h9H,2-7H2,1H3. The predicted molar refractivity (Wildman–Crippen MR) is 50.3 cm³/mol. The molecule has 0 heterocycles. The number of carbonyl (C=O) groups excluding carboxylic acids is 1. The topological polar surface area (TPSA) is 71.4 Å². The molecule has 0 amide bonds. The van der Waals surface area contributed by atoms with Gasteiger partial charge in [-0.15, -0.1) is 0 Å². The van der Waals surface area contributed by atoms with E-state index in [0.29, 0.717) is 25.7 Å². The van der Waals surface area contributed by atoms with Crippen LogP contribution in [0.25, 0.3) is 0 Å². The minimum atomic E-state index is -2.94. The van der Waals surface area contributed by atoms with Gasteiger partial charge in [-0.2, -0.15) is 0 Å². The van der Waals surface area contributed by atoms with Crippen LogP contribution in [0.1, 0.15) is 25.7 Å². The Labute approximate surface area is 78.9 Å². The Balaban J connectivity index is 3.49. The highest BCUT2D eigenvalue weighted by Gasteiger charge is 2.05. The molecule has 0 radical (unpaired) electrons. The SMILES string of the molecule is CS(=O)(=O)CCCC(=O)CCCO. The summed E-state index contributed by atoms with van der Waals surface area (Å²) in [6.45, 7) is 0.0117. The first-order valence-electron chi connectivity index (χ1n) is 4.26. The molecular weight excluding hydrogens is 192 g/mol. The molecule has 0 bridgehead atoms. The monoisotopic (exact) mass is 208 g/mol. The Kier molecular flexibility index (Phi) is 5.90. The molecule has 0 spiro atoms. The molecule has 0 aliphatic carbocycles. The van der Waals surface area contributed by atoms with Gasteiger partial charge < -0.3 is 5.11 Å². The average Bonchev–Trinajstić information content (AvgIpc) is 1.98. The summed E-state index contributed by atoms with van der Waals surface area (Å²) in [5.74, 6) is 0.0930. The van der Waals surface area contributed by atoms with E-state index in [9.17, 15) is 13.2 Å². The first kappa shape index (κ1) is 12.6. The summed E-state index contributed by atoms with van der Waals surface area (Å²) < 4.78 is 21.4. The van der Waals surface area contributed by atoms with Crippen molar-refractivity contribution in [2.75, 3.05) is 18.6 Å². The van der Waals surface area contributed by atoms with Crippen molar-refractivity contribution in [3.63, 3.8) is 0 Å². The molecule has 0 saturated heterocycles. The Morgan fingerprint density at radius 1 is 1.23 bits per heavy atom. The fourth-order valence-electron chi connectivity index (χ4n) is 0.933. The van der Waals surface area contributed by atoms with E-state index in [1.165, 1.54) is 0 Å². The molecule has 0 fully saturated rings. The Bertz CT molecular complexity index is 243. The molecule has 13 heavy (non-hydrogen) atoms. The summed E-state index contributed by atoms with van der Waals surface area (Å²) >= 11 is 0. The second-order valence-corrected chi connectivity index (χ2v) is 5.36. The number of aliphatic hydroxyl groups is 1. The zero-order valence-electron chi connectivity index (χ0n) is 7.82. The second kappa shape index (κ2) is 6.10. The Morgan fingerprint density at radius 3 is 2.23 bits per heavy atom. The fraction of sp³-hybridized carbons (Fsp3) is 0.875. The fourth-order valence-corrected chi connectivity index (χ4v) is 1.60. The lowest BCUT2D eigenvalue weighted by molar-refractivity contribution is -0.119. The lowest BCUT2D eigenvalue weighted by Crippen LogP contribution is -2.06. The smallest absolute Gasteiger partial charge is 0.147 e. The highest BCUT2D eigenvalue weighted by molar-refractivity contribution is 7.90.